The fourth-order valence-corrected chi connectivity index (χ4v) is 2.76. The van der Waals surface area contributed by atoms with Crippen molar-refractivity contribution in [3.05, 3.63) is 60.2 Å². The average molecular weight is 325 g/mol. The zero-order valence-corrected chi connectivity index (χ0v) is 13.7. The molecule has 2 aromatic carbocycles. The maximum Gasteiger partial charge on any atom is 0.339 e. The lowest BCUT2D eigenvalue weighted by Crippen LogP contribution is -2.41. The second-order valence-corrected chi connectivity index (χ2v) is 5.89. The molecule has 0 aromatic heterocycles. The minimum Gasteiger partial charge on any atom is -0.497 e. The first-order valence-electron chi connectivity index (χ1n) is 7.78. The van der Waals surface area contributed by atoms with Crippen LogP contribution in [0.4, 0.5) is 5.69 Å². The highest BCUT2D eigenvalue weighted by Gasteiger charge is 2.46. The van der Waals surface area contributed by atoms with E-state index >= 15 is 0 Å². The predicted octanol–water partition coefficient (Wildman–Crippen LogP) is 3.05. The molecule has 1 saturated heterocycles. The van der Waals surface area contributed by atoms with E-state index in [1.165, 1.54) is 0 Å². The van der Waals surface area contributed by atoms with Crippen LogP contribution in [0.1, 0.15) is 23.7 Å². The van der Waals surface area contributed by atoms with E-state index in [1.54, 1.807) is 55.3 Å². The van der Waals surface area contributed by atoms with Gasteiger partial charge >= 0.3 is 5.97 Å². The molecule has 0 radical (unpaired) electrons. The Kier molecular flexibility index (Phi) is 4.25. The third-order valence-electron chi connectivity index (χ3n) is 4.22. The number of anilines is 1. The van der Waals surface area contributed by atoms with Crippen LogP contribution in [0.5, 0.6) is 5.75 Å². The van der Waals surface area contributed by atoms with Crippen LogP contribution in [0.2, 0.25) is 0 Å². The summed E-state index contributed by atoms with van der Waals surface area (Å²) in [7, 11) is 1.59. The van der Waals surface area contributed by atoms with Gasteiger partial charge in [0.15, 0.2) is 5.60 Å². The number of hydrogen-bond donors (Lipinski definition) is 0. The molecule has 5 nitrogen and oxygen atoms in total. The summed E-state index contributed by atoms with van der Waals surface area (Å²) in [6.07, 6.45) is 0.455. The summed E-state index contributed by atoms with van der Waals surface area (Å²) in [6.45, 7) is 2.17. The monoisotopic (exact) mass is 325 g/mol. The van der Waals surface area contributed by atoms with Gasteiger partial charge < -0.3 is 14.4 Å². The standard InChI is InChI=1S/C19H19NO4/c1-19(24-17(21)14-6-4-3-5-7-14)12-13-20(18(19)22)15-8-10-16(23-2)11-9-15/h3-11H,12-13H2,1-2H3. The topological polar surface area (TPSA) is 55.8 Å². The van der Waals surface area contributed by atoms with Gasteiger partial charge in [-0.1, -0.05) is 18.2 Å². The Labute approximate surface area is 140 Å². The van der Waals surface area contributed by atoms with Gasteiger partial charge in [0.05, 0.1) is 12.7 Å². The van der Waals surface area contributed by atoms with Crippen LogP contribution in [-0.2, 0) is 9.53 Å². The number of ether oxygens (including phenoxy) is 2. The van der Waals surface area contributed by atoms with Gasteiger partial charge in [0.2, 0.25) is 0 Å². The molecule has 124 valence electrons. The molecule has 1 atom stereocenters. The molecular weight excluding hydrogens is 306 g/mol. The van der Waals surface area contributed by atoms with Crippen LogP contribution in [0.15, 0.2) is 54.6 Å². The highest BCUT2D eigenvalue weighted by Crippen LogP contribution is 2.32. The molecule has 2 aromatic rings. The lowest BCUT2D eigenvalue weighted by Gasteiger charge is -2.24. The highest BCUT2D eigenvalue weighted by atomic mass is 16.6. The Morgan fingerprint density at radius 1 is 1.08 bits per heavy atom. The molecule has 0 aliphatic carbocycles. The Bertz CT molecular complexity index is 742. The number of esters is 1. The summed E-state index contributed by atoms with van der Waals surface area (Å²) in [5, 5.41) is 0. The number of carbonyl (C=O) groups is 2. The molecule has 5 heteroatoms. The molecule has 3 rings (SSSR count). The van der Waals surface area contributed by atoms with Crippen LogP contribution >= 0.6 is 0 Å². The van der Waals surface area contributed by atoms with Crippen molar-refractivity contribution >= 4 is 17.6 Å². The van der Waals surface area contributed by atoms with Crippen LogP contribution in [0, 0.1) is 0 Å². The van der Waals surface area contributed by atoms with Crippen molar-refractivity contribution in [1.82, 2.24) is 0 Å². The van der Waals surface area contributed by atoms with E-state index in [2.05, 4.69) is 0 Å². The molecule has 1 aliphatic heterocycles. The lowest BCUT2D eigenvalue weighted by atomic mass is 10.1. The fourth-order valence-electron chi connectivity index (χ4n) is 2.76. The van der Waals surface area contributed by atoms with E-state index in [0.717, 1.165) is 11.4 Å². The number of amides is 1. The quantitative estimate of drug-likeness (QED) is 0.811. The van der Waals surface area contributed by atoms with Gasteiger partial charge in [-0.25, -0.2) is 4.79 Å². The van der Waals surface area contributed by atoms with Gasteiger partial charge in [0.25, 0.3) is 5.91 Å². The molecule has 1 aliphatic rings. The van der Waals surface area contributed by atoms with Crippen molar-refractivity contribution in [2.45, 2.75) is 18.9 Å². The van der Waals surface area contributed by atoms with Crippen molar-refractivity contribution in [2.24, 2.45) is 0 Å². The summed E-state index contributed by atoms with van der Waals surface area (Å²) in [4.78, 5) is 26.7. The minimum absolute atomic E-state index is 0.211. The Hall–Kier alpha value is -2.82. The van der Waals surface area contributed by atoms with E-state index in [4.69, 9.17) is 9.47 Å². The molecule has 0 saturated carbocycles. The maximum absolute atomic E-state index is 12.8. The third kappa shape index (κ3) is 2.97. The Morgan fingerprint density at radius 2 is 1.75 bits per heavy atom. The smallest absolute Gasteiger partial charge is 0.339 e. The number of benzene rings is 2. The summed E-state index contributed by atoms with van der Waals surface area (Å²) in [5.41, 5.74) is 0.0575. The van der Waals surface area contributed by atoms with Crippen molar-refractivity contribution in [1.29, 1.82) is 0 Å². The zero-order chi connectivity index (χ0) is 17.2. The van der Waals surface area contributed by atoms with E-state index < -0.39 is 11.6 Å². The molecule has 1 unspecified atom stereocenters. The van der Waals surface area contributed by atoms with Gasteiger partial charge in [-0.05, 0) is 43.3 Å². The zero-order valence-electron chi connectivity index (χ0n) is 13.7. The molecule has 1 amide bonds. The Balaban J connectivity index is 1.75. The minimum atomic E-state index is -1.15. The van der Waals surface area contributed by atoms with Crippen LogP contribution in [0.25, 0.3) is 0 Å². The largest absolute Gasteiger partial charge is 0.497 e. The van der Waals surface area contributed by atoms with E-state index in [9.17, 15) is 9.59 Å². The lowest BCUT2D eigenvalue weighted by molar-refractivity contribution is -0.132. The number of nitrogens with zero attached hydrogens (tertiary/aromatic N) is 1. The van der Waals surface area contributed by atoms with Gasteiger partial charge in [-0.3, -0.25) is 4.79 Å². The third-order valence-corrected chi connectivity index (χ3v) is 4.22. The van der Waals surface area contributed by atoms with Gasteiger partial charge in [0, 0.05) is 18.7 Å². The molecular formula is C19H19NO4. The summed E-state index contributed by atoms with van der Waals surface area (Å²) in [6, 6.07) is 15.9. The molecule has 0 bridgehead atoms. The molecule has 24 heavy (non-hydrogen) atoms. The van der Waals surface area contributed by atoms with Crippen molar-refractivity contribution in [3.63, 3.8) is 0 Å². The summed E-state index contributed by atoms with van der Waals surface area (Å²) < 4.78 is 10.7. The number of carbonyl (C=O) groups excluding carboxylic acids is 2. The van der Waals surface area contributed by atoms with Gasteiger partial charge in [-0.15, -0.1) is 0 Å². The van der Waals surface area contributed by atoms with Crippen LogP contribution < -0.4 is 9.64 Å². The number of rotatable bonds is 4. The molecule has 0 spiro atoms. The normalized spacial score (nSPS) is 20.1. The maximum atomic E-state index is 12.8. The SMILES string of the molecule is COc1ccc(N2CCC(C)(OC(=O)c3ccccc3)C2=O)cc1. The van der Waals surface area contributed by atoms with Crippen molar-refractivity contribution in [3.8, 4) is 5.75 Å². The summed E-state index contributed by atoms with van der Waals surface area (Å²) >= 11 is 0. The first-order valence-corrected chi connectivity index (χ1v) is 7.78. The Morgan fingerprint density at radius 3 is 2.38 bits per heavy atom. The first-order chi connectivity index (χ1) is 11.5. The molecule has 1 fully saturated rings. The predicted molar refractivity (Wildman–Crippen MR) is 90.2 cm³/mol. The molecule has 0 N–H and O–H groups in total. The number of hydrogen-bond acceptors (Lipinski definition) is 4. The van der Waals surface area contributed by atoms with E-state index in [1.807, 2.05) is 18.2 Å². The summed E-state index contributed by atoms with van der Waals surface area (Å²) in [5.74, 6) is 0.0311. The van der Waals surface area contributed by atoms with Crippen molar-refractivity contribution in [2.75, 3.05) is 18.6 Å². The van der Waals surface area contributed by atoms with Crippen molar-refractivity contribution < 1.29 is 19.1 Å². The van der Waals surface area contributed by atoms with E-state index in [0.29, 0.717) is 18.5 Å². The molecule has 1 heterocycles. The second-order valence-electron chi connectivity index (χ2n) is 5.89. The van der Waals surface area contributed by atoms with E-state index in [-0.39, 0.29) is 5.91 Å². The first kappa shape index (κ1) is 16.1. The van der Waals surface area contributed by atoms with Gasteiger partial charge in [-0.2, -0.15) is 0 Å². The fraction of sp³-hybridized carbons (Fsp3) is 0.263. The van der Waals surface area contributed by atoms with Crippen LogP contribution in [-0.4, -0.2) is 31.1 Å². The highest BCUT2D eigenvalue weighted by molar-refractivity contribution is 6.03. The number of methoxy groups -OCH3 is 1. The average Bonchev–Trinajstić information content (AvgIpc) is 2.91. The van der Waals surface area contributed by atoms with Gasteiger partial charge in [0.1, 0.15) is 5.75 Å². The van der Waals surface area contributed by atoms with Crippen LogP contribution in [0.3, 0.4) is 0 Å². The second kappa shape index (κ2) is 6.35.